The third kappa shape index (κ3) is 5.75. The van der Waals surface area contributed by atoms with Crippen molar-refractivity contribution in [2.75, 3.05) is 20.3 Å². The zero-order chi connectivity index (χ0) is 18.2. The van der Waals surface area contributed by atoms with E-state index in [9.17, 15) is 14.4 Å². The van der Waals surface area contributed by atoms with E-state index >= 15 is 0 Å². The number of hydrogen-bond acceptors (Lipinski definition) is 7. The number of imide groups is 1. The minimum absolute atomic E-state index is 0.110. The molecular formula is C17H21NO7. The van der Waals surface area contributed by atoms with Crippen LogP contribution in [0.25, 0.3) is 0 Å². The minimum atomic E-state index is -1.14. The first-order valence-corrected chi connectivity index (χ1v) is 7.94. The SMILES string of the molecule is COC(=O)NC(=O)[C@H](C)OC(=O)c1ccc(OC[C@H]2CCCO2)cc1. The molecule has 1 aliphatic rings. The fourth-order valence-corrected chi connectivity index (χ4v) is 2.19. The van der Waals surface area contributed by atoms with E-state index in [1.165, 1.54) is 19.1 Å². The first kappa shape index (κ1) is 18.7. The molecule has 25 heavy (non-hydrogen) atoms. The van der Waals surface area contributed by atoms with Crippen LogP contribution in [0.15, 0.2) is 24.3 Å². The van der Waals surface area contributed by atoms with Gasteiger partial charge in [0.05, 0.1) is 18.8 Å². The molecule has 2 amide bonds. The van der Waals surface area contributed by atoms with Crippen LogP contribution < -0.4 is 10.1 Å². The van der Waals surface area contributed by atoms with Crippen molar-refractivity contribution in [3.8, 4) is 5.75 Å². The van der Waals surface area contributed by atoms with Crippen molar-refractivity contribution in [2.24, 2.45) is 0 Å². The molecule has 1 fully saturated rings. The Hall–Kier alpha value is -2.61. The summed E-state index contributed by atoms with van der Waals surface area (Å²) in [4.78, 5) is 34.6. The molecular weight excluding hydrogens is 330 g/mol. The van der Waals surface area contributed by atoms with Crippen molar-refractivity contribution in [1.82, 2.24) is 5.32 Å². The van der Waals surface area contributed by atoms with E-state index in [2.05, 4.69) is 4.74 Å². The molecule has 0 spiro atoms. The lowest BCUT2D eigenvalue weighted by Crippen LogP contribution is -2.39. The second-order valence-electron chi connectivity index (χ2n) is 5.50. The highest BCUT2D eigenvalue weighted by molar-refractivity contribution is 5.97. The van der Waals surface area contributed by atoms with Crippen LogP contribution in [0.4, 0.5) is 4.79 Å². The van der Waals surface area contributed by atoms with Gasteiger partial charge < -0.3 is 18.9 Å². The minimum Gasteiger partial charge on any atom is -0.491 e. The molecule has 0 unspecified atom stereocenters. The molecule has 1 heterocycles. The Morgan fingerprint density at radius 1 is 1.28 bits per heavy atom. The molecule has 1 aromatic rings. The van der Waals surface area contributed by atoms with Crippen molar-refractivity contribution >= 4 is 18.0 Å². The van der Waals surface area contributed by atoms with Crippen molar-refractivity contribution in [3.05, 3.63) is 29.8 Å². The number of carbonyl (C=O) groups excluding carboxylic acids is 3. The summed E-state index contributed by atoms with van der Waals surface area (Å²) in [7, 11) is 1.13. The number of hydrogen-bond donors (Lipinski definition) is 1. The Morgan fingerprint density at radius 3 is 2.60 bits per heavy atom. The topological polar surface area (TPSA) is 100 Å². The van der Waals surface area contributed by atoms with Crippen LogP contribution in [0.5, 0.6) is 5.75 Å². The summed E-state index contributed by atoms with van der Waals surface area (Å²) in [5, 5.41) is 1.93. The van der Waals surface area contributed by atoms with Gasteiger partial charge in [-0.2, -0.15) is 0 Å². The van der Waals surface area contributed by atoms with Gasteiger partial charge in [0.15, 0.2) is 6.10 Å². The number of rotatable bonds is 6. The van der Waals surface area contributed by atoms with E-state index in [0.717, 1.165) is 26.6 Å². The monoisotopic (exact) mass is 351 g/mol. The summed E-state index contributed by atoms with van der Waals surface area (Å²) in [6.07, 6.45) is 0.0812. The summed E-state index contributed by atoms with van der Waals surface area (Å²) in [5.41, 5.74) is 0.266. The van der Waals surface area contributed by atoms with Crippen LogP contribution in [0, 0.1) is 0 Å². The van der Waals surface area contributed by atoms with Gasteiger partial charge >= 0.3 is 12.1 Å². The molecule has 0 aromatic heterocycles. The van der Waals surface area contributed by atoms with E-state index in [4.69, 9.17) is 14.2 Å². The van der Waals surface area contributed by atoms with Crippen LogP contribution in [0.3, 0.4) is 0 Å². The van der Waals surface area contributed by atoms with Gasteiger partial charge in [-0.1, -0.05) is 0 Å². The van der Waals surface area contributed by atoms with Crippen LogP contribution in [0.1, 0.15) is 30.1 Å². The normalized spacial score (nSPS) is 17.4. The van der Waals surface area contributed by atoms with Gasteiger partial charge in [0.25, 0.3) is 5.91 Å². The summed E-state index contributed by atoms with van der Waals surface area (Å²) in [6, 6.07) is 6.37. The molecule has 2 rings (SSSR count). The lowest BCUT2D eigenvalue weighted by molar-refractivity contribution is -0.128. The number of ether oxygens (including phenoxy) is 4. The van der Waals surface area contributed by atoms with Gasteiger partial charge in [-0.15, -0.1) is 0 Å². The molecule has 1 aromatic carbocycles. The number of nitrogens with one attached hydrogen (secondary N) is 1. The zero-order valence-electron chi connectivity index (χ0n) is 14.2. The highest BCUT2D eigenvalue weighted by Gasteiger charge is 2.21. The van der Waals surface area contributed by atoms with Crippen LogP contribution in [-0.2, 0) is 19.0 Å². The number of methoxy groups -OCH3 is 1. The second-order valence-corrected chi connectivity index (χ2v) is 5.50. The van der Waals surface area contributed by atoms with Gasteiger partial charge in [-0.25, -0.2) is 9.59 Å². The highest BCUT2D eigenvalue weighted by atomic mass is 16.6. The summed E-state index contributed by atoms with van der Waals surface area (Å²) in [6.45, 7) is 2.59. The molecule has 1 saturated heterocycles. The predicted octanol–water partition coefficient (Wildman–Crippen LogP) is 1.67. The summed E-state index contributed by atoms with van der Waals surface area (Å²) >= 11 is 0. The Bertz CT molecular complexity index is 608. The van der Waals surface area contributed by atoms with Gasteiger partial charge in [-0.05, 0) is 44.0 Å². The van der Waals surface area contributed by atoms with Crippen LogP contribution >= 0.6 is 0 Å². The smallest absolute Gasteiger partial charge is 0.413 e. The average molecular weight is 351 g/mol. The number of alkyl carbamates (subject to hydrolysis) is 1. The van der Waals surface area contributed by atoms with Gasteiger partial charge in [-0.3, -0.25) is 10.1 Å². The van der Waals surface area contributed by atoms with Gasteiger partial charge in [0.1, 0.15) is 12.4 Å². The molecule has 1 aliphatic heterocycles. The highest BCUT2D eigenvalue weighted by Crippen LogP contribution is 2.17. The standard InChI is InChI=1S/C17H21NO7/c1-11(15(19)18-17(21)22-2)25-16(20)12-5-7-13(8-6-12)24-10-14-4-3-9-23-14/h5-8,11,14H,3-4,9-10H2,1-2H3,(H,18,19,21)/t11-,14+/m0/s1. The lowest BCUT2D eigenvalue weighted by atomic mass is 10.2. The molecule has 1 N–H and O–H groups in total. The molecule has 136 valence electrons. The predicted molar refractivity (Wildman–Crippen MR) is 86.3 cm³/mol. The molecule has 8 nitrogen and oxygen atoms in total. The van der Waals surface area contributed by atoms with Crippen molar-refractivity contribution in [2.45, 2.75) is 32.0 Å². The van der Waals surface area contributed by atoms with Crippen molar-refractivity contribution < 1.29 is 33.3 Å². The number of carbonyl (C=O) groups is 3. The molecule has 0 radical (unpaired) electrons. The molecule has 0 aliphatic carbocycles. The number of amides is 2. The first-order valence-electron chi connectivity index (χ1n) is 7.94. The fraction of sp³-hybridized carbons (Fsp3) is 0.471. The Balaban J connectivity index is 1.82. The first-order chi connectivity index (χ1) is 12.0. The fourth-order valence-electron chi connectivity index (χ4n) is 2.19. The van der Waals surface area contributed by atoms with Crippen molar-refractivity contribution in [3.63, 3.8) is 0 Å². The largest absolute Gasteiger partial charge is 0.491 e. The maximum atomic E-state index is 12.0. The van der Waals surface area contributed by atoms with E-state index in [1.54, 1.807) is 12.1 Å². The number of benzene rings is 1. The maximum absolute atomic E-state index is 12.0. The Morgan fingerprint density at radius 2 is 2.00 bits per heavy atom. The molecule has 2 atom stereocenters. The molecule has 0 bridgehead atoms. The van der Waals surface area contributed by atoms with E-state index < -0.39 is 24.1 Å². The Labute approximate surface area is 145 Å². The quantitative estimate of drug-likeness (QED) is 0.778. The Kier molecular flexibility index (Phi) is 6.76. The van der Waals surface area contributed by atoms with Gasteiger partial charge in [0.2, 0.25) is 0 Å². The lowest BCUT2D eigenvalue weighted by Gasteiger charge is -2.13. The summed E-state index contributed by atoms with van der Waals surface area (Å²) < 4.78 is 20.4. The van der Waals surface area contributed by atoms with E-state index in [0.29, 0.717) is 12.4 Å². The zero-order valence-corrected chi connectivity index (χ0v) is 14.2. The molecule has 0 saturated carbocycles. The third-order valence-electron chi connectivity index (χ3n) is 3.61. The van der Waals surface area contributed by atoms with Gasteiger partial charge in [0, 0.05) is 6.61 Å². The average Bonchev–Trinajstić information content (AvgIpc) is 3.13. The van der Waals surface area contributed by atoms with E-state index in [-0.39, 0.29) is 11.7 Å². The number of esters is 1. The van der Waals surface area contributed by atoms with Crippen molar-refractivity contribution in [1.29, 1.82) is 0 Å². The summed E-state index contributed by atoms with van der Waals surface area (Å²) in [5.74, 6) is -0.835. The second kappa shape index (κ2) is 9.03. The molecule has 8 heteroatoms. The van der Waals surface area contributed by atoms with Crippen LogP contribution in [0.2, 0.25) is 0 Å². The van der Waals surface area contributed by atoms with E-state index in [1.807, 2.05) is 5.32 Å². The maximum Gasteiger partial charge on any atom is 0.413 e. The van der Waals surface area contributed by atoms with Crippen LogP contribution in [-0.4, -0.2) is 50.5 Å². The third-order valence-corrected chi connectivity index (χ3v) is 3.61.